The van der Waals surface area contributed by atoms with E-state index in [1.807, 2.05) is 12.3 Å². The Balaban J connectivity index is 0.00000208. The standard InChI is InChI=1S/C16H23N5OS.ClH/c1-11(17)4-6-18-15(22)12-3-2-7-21(9-12)14-13-5-8-23-16(13)20-10-19-14;/h5,8,10-12H,2-4,6-7,9,17H2,1H3,(H,18,22);1H. The molecule has 3 heterocycles. The Labute approximate surface area is 152 Å². The maximum Gasteiger partial charge on any atom is 0.224 e. The molecule has 0 radical (unpaired) electrons. The van der Waals surface area contributed by atoms with Crippen LogP contribution in [0.25, 0.3) is 10.2 Å². The predicted molar refractivity (Wildman–Crippen MR) is 101 cm³/mol. The highest BCUT2D eigenvalue weighted by molar-refractivity contribution is 7.16. The zero-order chi connectivity index (χ0) is 16.2. The fourth-order valence-electron chi connectivity index (χ4n) is 2.98. The topological polar surface area (TPSA) is 84.1 Å². The lowest BCUT2D eigenvalue weighted by Gasteiger charge is -2.33. The van der Waals surface area contributed by atoms with Gasteiger partial charge in [-0.15, -0.1) is 23.7 Å². The third-order valence-electron chi connectivity index (χ3n) is 4.23. The minimum atomic E-state index is 0. The van der Waals surface area contributed by atoms with Crippen LogP contribution in [0, 0.1) is 5.92 Å². The zero-order valence-corrected chi connectivity index (χ0v) is 15.4. The molecule has 2 aromatic heterocycles. The number of aromatic nitrogens is 2. The number of hydrogen-bond acceptors (Lipinski definition) is 6. The second-order valence-electron chi connectivity index (χ2n) is 6.18. The first kappa shape index (κ1) is 18.9. The van der Waals surface area contributed by atoms with Crippen LogP contribution in [0.4, 0.5) is 5.82 Å². The summed E-state index contributed by atoms with van der Waals surface area (Å²) in [5.41, 5.74) is 5.73. The molecule has 8 heteroatoms. The third-order valence-corrected chi connectivity index (χ3v) is 5.05. The average molecular weight is 370 g/mol. The predicted octanol–water partition coefficient (Wildman–Crippen LogP) is 2.18. The molecule has 3 N–H and O–H groups in total. The van der Waals surface area contributed by atoms with Crippen molar-refractivity contribution in [3.63, 3.8) is 0 Å². The normalized spacial score (nSPS) is 18.9. The summed E-state index contributed by atoms with van der Waals surface area (Å²) in [5.74, 6) is 1.09. The number of hydrogen-bond donors (Lipinski definition) is 2. The van der Waals surface area contributed by atoms with Crippen molar-refractivity contribution in [2.24, 2.45) is 11.7 Å². The van der Waals surface area contributed by atoms with E-state index in [0.717, 1.165) is 41.8 Å². The van der Waals surface area contributed by atoms with Gasteiger partial charge in [0.1, 0.15) is 17.0 Å². The highest BCUT2D eigenvalue weighted by Gasteiger charge is 2.27. The van der Waals surface area contributed by atoms with Crippen LogP contribution in [0.1, 0.15) is 26.2 Å². The summed E-state index contributed by atoms with van der Waals surface area (Å²) in [6.45, 7) is 4.25. The molecular formula is C16H24ClN5OS. The van der Waals surface area contributed by atoms with Crippen LogP contribution >= 0.6 is 23.7 Å². The number of fused-ring (bicyclic) bond motifs is 1. The van der Waals surface area contributed by atoms with E-state index in [1.165, 1.54) is 0 Å². The molecule has 3 rings (SSSR count). The molecule has 0 spiro atoms. The van der Waals surface area contributed by atoms with Crippen LogP contribution < -0.4 is 16.0 Å². The Morgan fingerprint density at radius 3 is 3.17 bits per heavy atom. The third kappa shape index (κ3) is 4.34. The second-order valence-corrected chi connectivity index (χ2v) is 7.07. The molecule has 1 aliphatic heterocycles. The summed E-state index contributed by atoms with van der Waals surface area (Å²) >= 11 is 1.62. The number of rotatable bonds is 5. The van der Waals surface area contributed by atoms with Crippen LogP contribution in [0.2, 0.25) is 0 Å². The van der Waals surface area contributed by atoms with Gasteiger partial charge < -0.3 is 16.0 Å². The van der Waals surface area contributed by atoms with E-state index < -0.39 is 0 Å². The number of thiophene rings is 1. The molecule has 0 aromatic carbocycles. The average Bonchev–Trinajstić information content (AvgIpc) is 3.03. The molecule has 2 atom stereocenters. The number of carbonyl (C=O) groups excluding carboxylic acids is 1. The Kier molecular flexibility index (Phi) is 6.77. The van der Waals surface area contributed by atoms with Gasteiger partial charge in [-0.3, -0.25) is 4.79 Å². The number of nitrogens with two attached hydrogens (primary N) is 1. The van der Waals surface area contributed by atoms with E-state index in [2.05, 4.69) is 26.3 Å². The number of nitrogens with one attached hydrogen (secondary N) is 1. The van der Waals surface area contributed by atoms with E-state index >= 15 is 0 Å². The Morgan fingerprint density at radius 2 is 2.38 bits per heavy atom. The maximum atomic E-state index is 12.4. The first-order chi connectivity index (χ1) is 11.1. The Bertz CT molecular complexity index is 677. The van der Waals surface area contributed by atoms with Gasteiger partial charge in [0.2, 0.25) is 5.91 Å². The van der Waals surface area contributed by atoms with Crippen LogP contribution in [0.15, 0.2) is 17.8 Å². The van der Waals surface area contributed by atoms with Crippen molar-refractivity contribution in [1.29, 1.82) is 0 Å². The monoisotopic (exact) mass is 369 g/mol. The molecule has 1 aliphatic rings. The van der Waals surface area contributed by atoms with Crippen molar-refractivity contribution < 1.29 is 4.79 Å². The summed E-state index contributed by atoms with van der Waals surface area (Å²) in [6.07, 6.45) is 4.35. The van der Waals surface area contributed by atoms with Gasteiger partial charge in [0, 0.05) is 25.7 Å². The lowest BCUT2D eigenvalue weighted by atomic mass is 9.97. The summed E-state index contributed by atoms with van der Waals surface area (Å²) in [4.78, 5) is 24.3. The van der Waals surface area contributed by atoms with E-state index in [4.69, 9.17) is 5.73 Å². The SMILES string of the molecule is CC(N)CCNC(=O)C1CCCN(c2ncnc3sccc23)C1.Cl. The van der Waals surface area contributed by atoms with Crippen molar-refractivity contribution in [2.75, 3.05) is 24.5 Å². The molecule has 0 bridgehead atoms. The lowest BCUT2D eigenvalue weighted by molar-refractivity contribution is -0.125. The summed E-state index contributed by atoms with van der Waals surface area (Å²) < 4.78 is 0. The van der Waals surface area contributed by atoms with Gasteiger partial charge in [0.05, 0.1) is 11.3 Å². The lowest BCUT2D eigenvalue weighted by Crippen LogP contribution is -2.44. The van der Waals surface area contributed by atoms with E-state index in [9.17, 15) is 4.79 Å². The summed E-state index contributed by atoms with van der Waals surface area (Å²) in [5, 5.41) is 6.12. The fourth-order valence-corrected chi connectivity index (χ4v) is 3.71. The van der Waals surface area contributed by atoms with Gasteiger partial charge in [-0.25, -0.2) is 9.97 Å². The molecular weight excluding hydrogens is 346 g/mol. The number of piperidine rings is 1. The minimum Gasteiger partial charge on any atom is -0.356 e. The smallest absolute Gasteiger partial charge is 0.224 e. The van der Waals surface area contributed by atoms with Crippen molar-refractivity contribution in [3.05, 3.63) is 17.8 Å². The fraction of sp³-hybridized carbons (Fsp3) is 0.562. The van der Waals surface area contributed by atoms with E-state index in [1.54, 1.807) is 17.7 Å². The van der Waals surface area contributed by atoms with Crippen LogP contribution in [0.5, 0.6) is 0 Å². The number of nitrogens with zero attached hydrogens (tertiary/aromatic N) is 3. The summed E-state index contributed by atoms with van der Waals surface area (Å²) in [7, 11) is 0. The first-order valence-electron chi connectivity index (χ1n) is 8.11. The molecule has 132 valence electrons. The molecule has 0 aliphatic carbocycles. The molecule has 1 amide bonds. The molecule has 1 saturated heterocycles. The van der Waals surface area contributed by atoms with Gasteiger partial charge >= 0.3 is 0 Å². The summed E-state index contributed by atoms with van der Waals surface area (Å²) in [6, 6.07) is 2.17. The van der Waals surface area contributed by atoms with Gasteiger partial charge in [-0.2, -0.15) is 0 Å². The molecule has 1 fully saturated rings. The largest absolute Gasteiger partial charge is 0.356 e. The molecule has 2 unspecified atom stereocenters. The van der Waals surface area contributed by atoms with Crippen LogP contribution in [0.3, 0.4) is 0 Å². The Hall–Kier alpha value is -1.44. The van der Waals surface area contributed by atoms with Gasteiger partial charge in [0.15, 0.2) is 0 Å². The van der Waals surface area contributed by atoms with Gasteiger partial charge in [-0.05, 0) is 37.6 Å². The van der Waals surface area contributed by atoms with Gasteiger partial charge in [-0.1, -0.05) is 0 Å². The second kappa shape index (κ2) is 8.60. The first-order valence-corrected chi connectivity index (χ1v) is 8.99. The van der Waals surface area contributed by atoms with E-state index in [0.29, 0.717) is 13.1 Å². The van der Waals surface area contributed by atoms with Crippen molar-refractivity contribution in [1.82, 2.24) is 15.3 Å². The number of halogens is 1. The maximum absolute atomic E-state index is 12.4. The molecule has 0 saturated carbocycles. The minimum absolute atomic E-state index is 0. The number of carbonyl (C=O) groups is 1. The van der Waals surface area contributed by atoms with Crippen molar-refractivity contribution in [2.45, 2.75) is 32.2 Å². The molecule has 6 nitrogen and oxygen atoms in total. The van der Waals surface area contributed by atoms with Crippen LogP contribution in [-0.4, -0.2) is 41.6 Å². The number of anilines is 1. The highest BCUT2D eigenvalue weighted by Crippen LogP contribution is 2.29. The molecule has 2 aromatic rings. The highest BCUT2D eigenvalue weighted by atomic mass is 35.5. The zero-order valence-electron chi connectivity index (χ0n) is 13.8. The van der Waals surface area contributed by atoms with Crippen LogP contribution in [-0.2, 0) is 4.79 Å². The molecule has 24 heavy (non-hydrogen) atoms. The number of amides is 1. The van der Waals surface area contributed by atoms with Crippen molar-refractivity contribution >= 4 is 45.7 Å². The van der Waals surface area contributed by atoms with E-state index in [-0.39, 0.29) is 30.3 Å². The van der Waals surface area contributed by atoms with Crippen molar-refractivity contribution in [3.8, 4) is 0 Å². The Morgan fingerprint density at radius 1 is 1.54 bits per heavy atom. The quantitative estimate of drug-likeness (QED) is 0.843. The van der Waals surface area contributed by atoms with Gasteiger partial charge in [0.25, 0.3) is 0 Å².